The molecule has 1 fully saturated rings. The van der Waals surface area contributed by atoms with Crippen molar-refractivity contribution in [3.8, 4) is 17.2 Å². The number of anilines is 1. The van der Waals surface area contributed by atoms with Crippen LogP contribution in [-0.2, 0) is 4.79 Å². The summed E-state index contributed by atoms with van der Waals surface area (Å²) in [5.41, 5.74) is 0.971. The summed E-state index contributed by atoms with van der Waals surface area (Å²) in [5, 5.41) is 19.7. The van der Waals surface area contributed by atoms with Crippen LogP contribution in [0, 0.1) is 0 Å². The Morgan fingerprint density at radius 2 is 1.70 bits per heavy atom. The number of aliphatic carboxylic acids is 1. The lowest BCUT2D eigenvalue weighted by molar-refractivity contribution is -0.135. The smallest absolute Gasteiger partial charge is 0.325 e. The maximum atomic E-state index is 13.1. The molecule has 0 unspecified atom stereocenters. The quantitative estimate of drug-likeness (QED) is 0.593. The number of hydrogen-bond donors (Lipinski definition) is 2. The van der Waals surface area contributed by atoms with Crippen LogP contribution in [0.15, 0.2) is 30.3 Å². The van der Waals surface area contributed by atoms with Crippen LogP contribution in [-0.4, -0.2) is 71.8 Å². The van der Waals surface area contributed by atoms with Crippen LogP contribution in [0.2, 0.25) is 10.0 Å². The molecule has 10 heteroatoms. The second kappa shape index (κ2) is 10.5. The Labute approximate surface area is 202 Å². The van der Waals surface area contributed by atoms with Crippen LogP contribution in [0.3, 0.4) is 0 Å². The summed E-state index contributed by atoms with van der Waals surface area (Å²) in [4.78, 5) is 29.4. The number of likely N-dealkylation sites (N-methyl/N-ethyl adjacent to an activating group) is 1. The molecule has 33 heavy (non-hydrogen) atoms. The van der Waals surface area contributed by atoms with Crippen LogP contribution in [0.5, 0.6) is 17.2 Å². The fourth-order valence-corrected chi connectivity index (χ4v) is 4.10. The fourth-order valence-electron chi connectivity index (χ4n) is 3.55. The summed E-state index contributed by atoms with van der Waals surface area (Å²) < 4.78 is 5.88. The van der Waals surface area contributed by atoms with E-state index in [4.69, 9.17) is 27.9 Å². The number of phenolic OH excluding ortho intramolecular Hbond substituents is 1. The van der Waals surface area contributed by atoms with E-state index in [1.165, 1.54) is 18.2 Å². The second-order valence-electron chi connectivity index (χ2n) is 8.27. The Morgan fingerprint density at radius 1 is 1.09 bits per heavy atom. The van der Waals surface area contributed by atoms with Crippen molar-refractivity contribution < 1.29 is 24.5 Å². The molecule has 0 bridgehead atoms. The van der Waals surface area contributed by atoms with Gasteiger partial charge in [-0.15, -0.1) is 0 Å². The maximum Gasteiger partial charge on any atom is 0.325 e. The lowest BCUT2D eigenvalue weighted by Gasteiger charge is -2.35. The van der Waals surface area contributed by atoms with Gasteiger partial charge in [0, 0.05) is 37.4 Å². The molecule has 2 amide bonds. The van der Waals surface area contributed by atoms with Crippen LogP contribution >= 0.6 is 23.2 Å². The number of hydrogen-bond acceptors (Lipinski definition) is 5. The van der Waals surface area contributed by atoms with Crippen molar-refractivity contribution in [1.29, 1.82) is 0 Å². The van der Waals surface area contributed by atoms with Gasteiger partial charge in [0.05, 0.1) is 10.0 Å². The highest BCUT2D eigenvalue weighted by Gasteiger charge is 2.28. The zero-order chi connectivity index (χ0) is 24.3. The monoisotopic (exact) mass is 495 g/mol. The molecule has 0 atom stereocenters. The Balaban J connectivity index is 1.89. The van der Waals surface area contributed by atoms with E-state index >= 15 is 0 Å². The Kier molecular flexibility index (Phi) is 7.94. The normalized spacial score (nSPS) is 14.4. The Hall–Kier alpha value is -2.68. The summed E-state index contributed by atoms with van der Waals surface area (Å²) in [6, 6.07) is 7.33. The zero-order valence-electron chi connectivity index (χ0n) is 18.7. The molecule has 2 N–H and O–H groups in total. The van der Waals surface area contributed by atoms with E-state index in [0.717, 1.165) is 4.90 Å². The van der Waals surface area contributed by atoms with E-state index in [9.17, 15) is 19.8 Å². The fraction of sp³-hybridized carbons (Fsp3) is 0.391. The van der Waals surface area contributed by atoms with E-state index < -0.39 is 18.5 Å². The standard InChI is InChI=1S/C23H27Cl2N3O5/c1-14(2)17-12-16(4-5-20(17)29)33-22-18(24)10-15(11-19(22)25)28(13-21(30)31)23(32)27-8-6-26(3)7-9-27/h4-5,10-12,14,29H,6-9,13H2,1-3H3,(H,30,31). The first-order valence-electron chi connectivity index (χ1n) is 10.5. The van der Waals surface area contributed by atoms with Crippen LogP contribution in [0.25, 0.3) is 0 Å². The van der Waals surface area contributed by atoms with Gasteiger partial charge in [0.1, 0.15) is 18.0 Å². The average Bonchev–Trinajstić information content (AvgIpc) is 2.75. The number of amides is 2. The number of carbonyl (C=O) groups is 2. The molecule has 0 aromatic heterocycles. The first kappa shape index (κ1) is 25.0. The third kappa shape index (κ3) is 6.01. The first-order chi connectivity index (χ1) is 15.6. The second-order valence-corrected chi connectivity index (χ2v) is 9.08. The molecule has 1 aliphatic rings. The van der Waals surface area contributed by atoms with Crippen LogP contribution in [0.1, 0.15) is 25.3 Å². The SMILES string of the molecule is CC(C)c1cc(Oc2c(Cl)cc(N(CC(=O)O)C(=O)N3CCN(C)CC3)cc2Cl)ccc1O. The average molecular weight is 496 g/mol. The molecule has 1 heterocycles. The number of aromatic hydroxyl groups is 1. The summed E-state index contributed by atoms with van der Waals surface area (Å²) in [6.45, 7) is 5.75. The van der Waals surface area contributed by atoms with Gasteiger partial charge in [-0.1, -0.05) is 37.0 Å². The maximum absolute atomic E-state index is 13.1. The number of ether oxygens (including phenoxy) is 1. The zero-order valence-corrected chi connectivity index (χ0v) is 20.2. The van der Waals surface area contributed by atoms with Crippen molar-refractivity contribution >= 4 is 40.9 Å². The number of carboxylic acids is 1. The Morgan fingerprint density at radius 3 is 2.24 bits per heavy atom. The molecule has 0 saturated carbocycles. The van der Waals surface area contributed by atoms with E-state index in [0.29, 0.717) is 37.5 Å². The predicted octanol–water partition coefficient (Wildman–Crippen LogP) is 4.87. The van der Waals surface area contributed by atoms with E-state index in [2.05, 4.69) is 4.90 Å². The minimum absolute atomic E-state index is 0.0760. The van der Waals surface area contributed by atoms with Crippen molar-refractivity contribution in [2.24, 2.45) is 0 Å². The minimum atomic E-state index is -1.16. The highest BCUT2D eigenvalue weighted by atomic mass is 35.5. The number of phenols is 1. The van der Waals surface area contributed by atoms with Gasteiger partial charge in [-0.25, -0.2) is 4.79 Å². The first-order valence-corrected chi connectivity index (χ1v) is 11.3. The number of rotatable bonds is 6. The van der Waals surface area contributed by atoms with Gasteiger partial charge >= 0.3 is 12.0 Å². The number of nitrogens with zero attached hydrogens (tertiary/aromatic N) is 3. The Bertz CT molecular complexity index is 1020. The summed E-state index contributed by atoms with van der Waals surface area (Å²) in [7, 11) is 1.97. The van der Waals surface area contributed by atoms with E-state index in [1.54, 1.807) is 17.0 Å². The van der Waals surface area contributed by atoms with Crippen molar-refractivity contribution in [2.75, 3.05) is 44.7 Å². The molecule has 0 radical (unpaired) electrons. The molecular weight excluding hydrogens is 469 g/mol. The number of carbonyl (C=O) groups excluding carboxylic acids is 1. The summed E-state index contributed by atoms with van der Waals surface area (Å²) in [5.74, 6) is -0.312. The van der Waals surface area contributed by atoms with Crippen LogP contribution in [0.4, 0.5) is 10.5 Å². The van der Waals surface area contributed by atoms with Crippen molar-refractivity contribution in [3.63, 3.8) is 0 Å². The minimum Gasteiger partial charge on any atom is -0.508 e. The number of halogens is 2. The van der Waals surface area contributed by atoms with E-state index in [-0.39, 0.29) is 33.1 Å². The third-order valence-electron chi connectivity index (χ3n) is 5.43. The van der Waals surface area contributed by atoms with Gasteiger partial charge in [0.15, 0.2) is 5.75 Å². The van der Waals surface area contributed by atoms with Gasteiger partial charge in [-0.05, 0) is 43.3 Å². The number of carboxylic acid groups (broad SMARTS) is 1. The number of benzene rings is 2. The molecule has 2 aromatic carbocycles. The summed E-state index contributed by atoms with van der Waals surface area (Å²) >= 11 is 12.9. The van der Waals surface area contributed by atoms with Crippen molar-refractivity contribution in [3.05, 3.63) is 45.9 Å². The van der Waals surface area contributed by atoms with Gasteiger partial charge in [-0.2, -0.15) is 0 Å². The largest absolute Gasteiger partial charge is 0.508 e. The highest BCUT2D eigenvalue weighted by molar-refractivity contribution is 6.37. The molecular formula is C23H27Cl2N3O5. The molecule has 2 aromatic rings. The van der Waals surface area contributed by atoms with Gasteiger partial charge in [-0.3, -0.25) is 9.69 Å². The predicted molar refractivity (Wildman–Crippen MR) is 128 cm³/mol. The number of urea groups is 1. The molecule has 178 valence electrons. The van der Waals surface area contributed by atoms with Crippen molar-refractivity contribution in [2.45, 2.75) is 19.8 Å². The number of piperazine rings is 1. The molecule has 8 nitrogen and oxygen atoms in total. The van der Waals surface area contributed by atoms with Crippen molar-refractivity contribution in [1.82, 2.24) is 9.80 Å². The van der Waals surface area contributed by atoms with Gasteiger partial charge in [0.2, 0.25) is 0 Å². The molecule has 0 spiro atoms. The third-order valence-corrected chi connectivity index (χ3v) is 6.00. The molecule has 3 rings (SSSR count). The van der Waals surface area contributed by atoms with Gasteiger partial charge in [0.25, 0.3) is 0 Å². The van der Waals surface area contributed by atoms with E-state index in [1.807, 2.05) is 20.9 Å². The lowest BCUT2D eigenvalue weighted by Crippen LogP contribution is -2.53. The summed E-state index contributed by atoms with van der Waals surface area (Å²) in [6.07, 6.45) is 0. The van der Waals surface area contributed by atoms with Gasteiger partial charge < -0.3 is 24.7 Å². The lowest BCUT2D eigenvalue weighted by atomic mass is 10.0. The molecule has 1 aliphatic heterocycles. The topological polar surface area (TPSA) is 93.5 Å². The molecule has 0 aliphatic carbocycles. The molecule has 1 saturated heterocycles. The highest BCUT2D eigenvalue weighted by Crippen LogP contribution is 2.41. The van der Waals surface area contributed by atoms with Crippen LogP contribution < -0.4 is 9.64 Å².